The van der Waals surface area contributed by atoms with E-state index in [9.17, 15) is 5.26 Å². The summed E-state index contributed by atoms with van der Waals surface area (Å²) >= 11 is 0. The zero-order valence-corrected chi connectivity index (χ0v) is 15.3. The summed E-state index contributed by atoms with van der Waals surface area (Å²) < 4.78 is 6.91. The first-order valence-electron chi connectivity index (χ1n) is 8.95. The van der Waals surface area contributed by atoms with Crippen molar-refractivity contribution in [3.05, 3.63) is 30.1 Å². The highest BCUT2D eigenvalue weighted by Crippen LogP contribution is 2.34. The molecule has 0 spiro atoms. The molecule has 9 heteroatoms. The van der Waals surface area contributed by atoms with E-state index in [0.717, 1.165) is 24.0 Å². The average molecular weight is 368 g/mol. The largest absolute Gasteiger partial charge is 0.404 e. The number of nitriles is 1. The maximum atomic E-state index is 9.77. The van der Waals surface area contributed by atoms with Crippen LogP contribution in [-0.4, -0.2) is 53.4 Å². The van der Waals surface area contributed by atoms with Crippen LogP contribution in [0.1, 0.15) is 18.9 Å². The van der Waals surface area contributed by atoms with Gasteiger partial charge in [0.15, 0.2) is 5.65 Å². The highest BCUT2D eigenvalue weighted by molar-refractivity contribution is 5.98. The van der Waals surface area contributed by atoms with Gasteiger partial charge in [-0.2, -0.15) is 15.0 Å². The Hall–Kier alpha value is -2.96. The Morgan fingerprint density at radius 1 is 1.56 bits per heavy atom. The van der Waals surface area contributed by atoms with Gasteiger partial charge in [-0.25, -0.2) is 4.98 Å². The summed E-state index contributed by atoms with van der Waals surface area (Å²) in [6.07, 6.45) is 5.36. The highest BCUT2D eigenvalue weighted by Gasteiger charge is 2.41. The standard InChI is InChI=1S/C18H24N8O/c1-2-6-27-7-5-23-16-8-14(18(10-20)11-22-12-18)13-9-24-26(17(13)25-16)15(21)3-4-19/h3-4,8-9,21-22H,2,5-7,11-12,19H2,1H3,(H,23,25)/b4-3-,21-15?. The fourth-order valence-electron chi connectivity index (χ4n) is 3.03. The van der Waals surface area contributed by atoms with Crippen LogP contribution in [-0.2, 0) is 10.2 Å². The van der Waals surface area contributed by atoms with E-state index < -0.39 is 5.41 Å². The Morgan fingerprint density at radius 3 is 3.00 bits per heavy atom. The molecular formula is C18H24N8O. The zero-order chi connectivity index (χ0) is 19.3. The molecule has 9 nitrogen and oxygen atoms in total. The number of nitrogens with one attached hydrogen (secondary N) is 3. The molecule has 0 amide bonds. The predicted molar refractivity (Wildman–Crippen MR) is 104 cm³/mol. The molecule has 5 N–H and O–H groups in total. The number of allylic oxidation sites excluding steroid dienone is 1. The molecule has 3 heterocycles. The number of hydrogen-bond acceptors (Lipinski definition) is 8. The molecule has 0 bridgehead atoms. The SMILES string of the molecule is CCCOCCNc1cc(C2(C#N)CNC2)c2cnn(C(=N)/C=C\N)c2n1. The van der Waals surface area contributed by atoms with Crippen LogP contribution in [0.2, 0.25) is 0 Å². The van der Waals surface area contributed by atoms with E-state index in [1.807, 2.05) is 6.07 Å². The lowest BCUT2D eigenvalue weighted by Crippen LogP contribution is -2.56. The van der Waals surface area contributed by atoms with Crippen LogP contribution < -0.4 is 16.4 Å². The van der Waals surface area contributed by atoms with Crippen LogP contribution in [0.15, 0.2) is 24.5 Å². The topological polar surface area (TPSA) is 138 Å². The van der Waals surface area contributed by atoms with Gasteiger partial charge in [0.05, 0.1) is 18.9 Å². The highest BCUT2D eigenvalue weighted by atomic mass is 16.5. The monoisotopic (exact) mass is 368 g/mol. The lowest BCUT2D eigenvalue weighted by molar-refractivity contribution is 0.144. The first kappa shape index (κ1) is 18.8. The Kier molecular flexibility index (Phi) is 5.69. The summed E-state index contributed by atoms with van der Waals surface area (Å²) in [7, 11) is 0. The Labute approximate surface area is 157 Å². The second-order valence-corrected chi connectivity index (χ2v) is 6.43. The summed E-state index contributed by atoms with van der Waals surface area (Å²) in [5.41, 5.74) is 6.18. The smallest absolute Gasteiger partial charge is 0.167 e. The Bertz CT molecular complexity index is 891. The normalized spacial score (nSPS) is 15.6. The molecule has 1 saturated heterocycles. The van der Waals surface area contributed by atoms with Gasteiger partial charge < -0.3 is 21.1 Å². The van der Waals surface area contributed by atoms with Gasteiger partial charge in [-0.15, -0.1) is 0 Å². The molecule has 0 unspecified atom stereocenters. The van der Waals surface area contributed by atoms with Gasteiger partial charge in [0, 0.05) is 31.6 Å². The van der Waals surface area contributed by atoms with Crippen molar-refractivity contribution in [2.24, 2.45) is 5.73 Å². The molecule has 0 radical (unpaired) electrons. The molecule has 0 aliphatic carbocycles. The number of hydrogen-bond donors (Lipinski definition) is 4. The number of anilines is 1. The van der Waals surface area contributed by atoms with E-state index in [1.54, 1.807) is 6.20 Å². The Morgan fingerprint density at radius 2 is 2.37 bits per heavy atom. The molecule has 3 rings (SSSR count). The van der Waals surface area contributed by atoms with Gasteiger partial charge in [0.1, 0.15) is 17.1 Å². The van der Waals surface area contributed by atoms with E-state index >= 15 is 0 Å². The van der Waals surface area contributed by atoms with Gasteiger partial charge in [-0.05, 0) is 30.3 Å². The van der Waals surface area contributed by atoms with Crippen molar-refractivity contribution in [3.63, 3.8) is 0 Å². The van der Waals surface area contributed by atoms with Gasteiger partial charge in [0.2, 0.25) is 0 Å². The van der Waals surface area contributed by atoms with Crippen molar-refractivity contribution >= 4 is 22.7 Å². The van der Waals surface area contributed by atoms with Gasteiger partial charge in [-0.1, -0.05) is 6.92 Å². The predicted octanol–water partition coefficient (Wildman–Crippen LogP) is 0.932. The number of fused-ring (bicyclic) bond motifs is 1. The molecule has 27 heavy (non-hydrogen) atoms. The third-order valence-corrected chi connectivity index (χ3v) is 4.51. The quantitative estimate of drug-likeness (QED) is 0.309. The average Bonchev–Trinajstić information content (AvgIpc) is 3.05. The summed E-state index contributed by atoms with van der Waals surface area (Å²) in [5, 5.41) is 29.4. The fraction of sp³-hybridized carbons (Fsp3) is 0.444. The first-order valence-corrected chi connectivity index (χ1v) is 8.95. The number of pyridine rings is 1. The first-order chi connectivity index (χ1) is 13.1. The van der Waals surface area contributed by atoms with Crippen molar-refractivity contribution < 1.29 is 4.74 Å². The number of nitrogens with zero attached hydrogens (tertiary/aromatic N) is 4. The molecule has 2 aromatic heterocycles. The van der Waals surface area contributed by atoms with E-state index in [1.165, 1.54) is 17.0 Å². The number of aromatic nitrogens is 3. The van der Waals surface area contributed by atoms with Crippen molar-refractivity contribution in [2.75, 3.05) is 38.2 Å². The van der Waals surface area contributed by atoms with Gasteiger partial charge >= 0.3 is 0 Å². The summed E-state index contributed by atoms with van der Waals surface area (Å²) in [5.74, 6) is 0.734. The fourth-order valence-corrected chi connectivity index (χ4v) is 3.03. The summed E-state index contributed by atoms with van der Waals surface area (Å²) in [6, 6.07) is 4.33. The lowest BCUT2D eigenvalue weighted by Gasteiger charge is -2.37. The number of rotatable bonds is 8. The van der Waals surface area contributed by atoms with Crippen molar-refractivity contribution in [1.29, 1.82) is 10.7 Å². The van der Waals surface area contributed by atoms with E-state index in [-0.39, 0.29) is 5.84 Å². The van der Waals surface area contributed by atoms with Crippen LogP contribution in [0.4, 0.5) is 5.82 Å². The van der Waals surface area contributed by atoms with E-state index in [4.69, 9.17) is 15.9 Å². The molecule has 0 saturated carbocycles. The second-order valence-electron chi connectivity index (χ2n) is 6.43. The molecular weight excluding hydrogens is 344 g/mol. The molecule has 1 fully saturated rings. The third kappa shape index (κ3) is 3.63. The minimum Gasteiger partial charge on any atom is -0.404 e. The minimum atomic E-state index is -0.615. The number of ether oxygens (including phenoxy) is 1. The zero-order valence-electron chi connectivity index (χ0n) is 15.3. The summed E-state index contributed by atoms with van der Waals surface area (Å²) in [4.78, 5) is 4.61. The molecule has 1 aliphatic rings. The van der Waals surface area contributed by atoms with E-state index in [2.05, 4.69) is 33.7 Å². The number of nitrogens with two attached hydrogens (primary N) is 1. The van der Waals surface area contributed by atoms with Crippen molar-refractivity contribution in [3.8, 4) is 6.07 Å². The Balaban J connectivity index is 1.99. The van der Waals surface area contributed by atoms with Gasteiger partial charge in [-0.3, -0.25) is 5.41 Å². The molecule has 0 atom stereocenters. The molecule has 0 aromatic carbocycles. The maximum Gasteiger partial charge on any atom is 0.167 e. The van der Waals surface area contributed by atoms with Crippen LogP contribution >= 0.6 is 0 Å². The van der Waals surface area contributed by atoms with Crippen molar-refractivity contribution in [2.45, 2.75) is 18.8 Å². The maximum absolute atomic E-state index is 9.77. The molecule has 142 valence electrons. The molecule has 1 aliphatic heterocycles. The summed E-state index contributed by atoms with van der Waals surface area (Å²) in [6.45, 7) is 5.11. The van der Waals surface area contributed by atoms with Crippen molar-refractivity contribution in [1.82, 2.24) is 20.1 Å². The van der Waals surface area contributed by atoms with Crippen LogP contribution in [0.25, 0.3) is 11.0 Å². The molecule has 2 aromatic rings. The van der Waals surface area contributed by atoms with Crippen LogP contribution in [0.3, 0.4) is 0 Å². The lowest BCUT2D eigenvalue weighted by atomic mass is 9.76. The van der Waals surface area contributed by atoms with Gasteiger partial charge in [0.25, 0.3) is 0 Å². The van der Waals surface area contributed by atoms with Crippen LogP contribution in [0.5, 0.6) is 0 Å². The minimum absolute atomic E-state index is 0.104. The van der Waals surface area contributed by atoms with E-state index in [0.29, 0.717) is 37.7 Å². The third-order valence-electron chi connectivity index (χ3n) is 4.51. The second kappa shape index (κ2) is 8.16. The van der Waals surface area contributed by atoms with Crippen LogP contribution in [0, 0.1) is 16.7 Å².